The normalized spacial score (nSPS) is 14.8. The topological polar surface area (TPSA) is 51.7 Å². The number of benzene rings is 1. The highest BCUT2D eigenvalue weighted by Crippen LogP contribution is 2.13. The second kappa shape index (κ2) is 9.55. The predicted octanol–water partition coefficient (Wildman–Crippen LogP) is 2.74. The molecule has 0 unspecified atom stereocenters. The number of aryl methyl sites for hydroxylation is 1. The standard InChI is InChI=1S/C22H31N5O/c1-4-18-5-7-19(8-6-18)17-26(3)22(28)24-16-20-9-10-21(23-15-20)27-13-11-25(2)12-14-27/h5-10,15H,4,11-14,16-17H2,1-3H3,(H,24,28). The number of amides is 2. The smallest absolute Gasteiger partial charge is 0.317 e. The van der Waals surface area contributed by atoms with E-state index in [4.69, 9.17) is 0 Å². The molecule has 0 saturated carbocycles. The van der Waals surface area contributed by atoms with Crippen LogP contribution in [0.25, 0.3) is 0 Å². The summed E-state index contributed by atoms with van der Waals surface area (Å²) in [6.07, 6.45) is 2.88. The summed E-state index contributed by atoms with van der Waals surface area (Å²) in [4.78, 5) is 23.3. The fourth-order valence-electron chi connectivity index (χ4n) is 3.28. The zero-order valence-corrected chi connectivity index (χ0v) is 17.2. The van der Waals surface area contributed by atoms with Gasteiger partial charge in [-0.05, 0) is 36.2 Å². The third-order valence-electron chi connectivity index (χ3n) is 5.28. The Morgan fingerprint density at radius 1 is 1.04 bits per heavy atom. The Labute approximate surface area is 168 Å². The Kier molecular flexibility index (Phi) is 6.87. The highest BCUT2D eigenvalue weighted by molar-refractivity contribution is 5.73. The highest BCUT2D eigenvalue weighted by Gasteiger charge is 2.15. The van der Waals surface area contributed by atoms with Crippen LogP contribution in [0.3, 0.4) is 0 Å². The fraction of sp³-hybridized carbons (Fsp3) is 0.455. The molecule has 1 fully saturated rings. The Hall–Kier alpha value is -2.60. The first-order valence-corrected chi connectivity index (χ1v) is 10.0. The maximum atomic E-state index is 12.4. The lowest BCUT2D eigenvalue weighted by Gasteiger charge is -2.33. The van der Waals surface area contributed by atoms with Gasteiger partial charge in [-0.25, -0.2) is 9.78 Å². The lowest BCUT2D eigenvalue weighted by molar-refractivity contribution is 0.206. The molecule has 0 aliphatic carbocycles. The average Bonchev–Trinajstić information content (AvgIpc) is 2.73. The van der Waals surface area contributed by atoms with Crippen molar-refractivity contribution in [3.63, 3.8) is 0 Å². The monoisotopic (exact) mass is 381 g/mol. The van der Waals surface area contributed by atoms with Crippen molar-refractivity contribution < 1.29 is 4.79 Å². The Bertz CT molecular complexity index is 752. The summed E-state index contributed by atoms with van der Waals surface area (Å²) < 4.78 is 0. The minimum atomic E-state index is -0.0808. The van der Waals surface area contributed by atoms with Crippen molar-refractivity contribution in [1.82, 2.24) is 20.1 Å². The van der Waals surface area contributed by atoms with Crippen molar-refractivity contribution >= 4 is 11.8 Å². The van der Waals surface area contributed by atoms with E-state index in [1.54, 1.807) is 4.90 Å². The van der Waals surface area contributed by atoms with Gasteiger partial charge in [0.05, 0.1) is 0 Å². The molecule has 2 heterocycles. The minimum absolute atomic E-state index is 0.0808. The number of carbonyl (C=O) groups excluding carboxylic acids is 1. The molecule has 0 atom stereocenters. The summed E-state index contributed by atoms with van der Waals surface area (Å²) >= 11 is 0. The van der Waals surface area contributed by atoms with E-state index < -0.39 is 0 Å². The van der Waals surface area contributed by atoms with E-state index in [0.717, 1.165) is 49.5 Å². The van der Waals surface area contributed by atoms with Crippen molar-refractivity contribution in [2.24, 2.45) is 0 Å². The van der Waals surface area contributed by atoms with Gasteiger partial charge in [0, 0.05) is 52.5 Å². The van der Waals surface area contributed by atoms with E-state index in [1.165, 1.54) is 5.56 Å². The molecule has 2 aromatic rings. The molecule has 0 bridgehead atoms. The van der Waals surface area contributed by atoms with E-state index >= 15 is 0 Å². The molecule has 6 nitrogen and oxygen atoms in total. The Morgan fingerprint density at radius 3 is 2.29 bits per heavy atom. The summed E-state index contributed by atoms with van der Waals surface area (Å²) in [5.74, 6) is 1.01. The van der Waals surface area contributed by atoms with E-state index in [1.807, 2.05) is 25.4 Å². The third kappa shape index (κ3) is 5.45. The van der Waals surface area contributed by atoms with Gasteiger partial charge in [0.15, 0.2) is 0 Å². The van der Waals surface area contributed by atoms with Crippen LogP contribution >= 0.6 is 0 Å². The summed E-state index contributed by atoms with van der Waals surface area (Å²) in [6, 6.07) is 12.4. The number of piperazine rings is 1. The number of urea groups is 1. The lowest BCUT2D eigenvalue weighted by atomic mass is 10.1. The molecule has 1 aliphatic rings. The van der Waals surface area contributed by atoms with E-state index in [9.17, 15) is 4.79 Å². The molecule has 2 amide bonds. The molecular formula is C22H31N5O. The molecule has 1 aromatic heterocycles. The number of hydrogen-bond acceptors (Lipinski definition) is 4. The van der Waals surface area contributed by atoms with Gasteiger partial charge in [-0.15, -0.1) is 0 Å². The van der Waals surface area contributed by atoms with Crippen LogP contribution in [0, 0.1) is 0 Å². The number of rotatable bonds is 6. The molecular weight excluding hydrogens is 350 g/mol. The van der Waals surface area contributed by atoms with Crippen LogP contribution < -0.4 is 10.2 Å². The number of nitrogens with one attached hydrogen (secondary N) is 1. The van der Waals surface area contributed by atoms with Gasteiger partial charge in [0.25, 0.3) is 0 Å². The highest BCUT2D eigenvalue weighted by atomic mass is 16.2. The molecule has 1 saturated heterocycles. The minimum Gasteiger partial charge on any atom is -0.354 e. The van der Waals surface area contributed by atoms with Crippen LogP contribution in [0.1, 0.15) is 23.6 Å². The SMILES string of the molecule is CCc1ccc(CN(C)C(=O)NCc2ccc(N3CCN(C)CC3)nc2)cc1. The van der Waals surface area contributed by atoms with Crippen LogP contribution in [-0.4, -0.2) is 61.1 Å². The number of carbonyl (C=O) groups is 1. The molecule has 28 heavy (non-hydrogen) atoms. The maximum Gasteiger partial charge on any atom is 0.317 e. The largest absolute Gasteiger partial charge is 0.354 e. The summed E-state index contributed by atoms with van der Waals surface area (Å²) in [6.45, 7) is 7.35. The maximum absolute atomic E-state index is 12.4. The molecule has 1 aliphatic heterocycles. The van der Waals surface area contributed by atoms with Crippen molar-refractivity contribution in [2.75, 3.05) is 45.2 Å². The quantitative estimate of drug-likeness (QED) is 0.836. The molecule has 0 spiro atoms. The molecule has 0 radical (unpaired) electrons. The van der Waals surface area contributed by atoms with Gasteiger partial charge in [0.1, 0.15) is 5.82 Å². The van der Waals surface area contributed by atoms with E-state index in [0.29, 0.717) is 13.1 Å². The van der Waals surface area contributed by atoms with Gasteiger partial charge in [0.2, 0.25) is 0 Å². The zero-order chi connectivity index (χ0) is 19.9. The van der Waals surface area contributed by atoms with Gasteiger partial charge in [-0.2, -0.15) is 0 Å². The van der Waals surface area contributed by atoms with Gasteiger partial charge in [-0.3, -0.25) is 0 Å². The molecule has 3 rings (SSSR count). The molecule has 1 aromatic carbocycles. The molecule has 1 N–H and O–H groups in total. The Balaban J connectivity index is 1.46. The summed E-state index contributed by atoms with van der Waals surface area (Å²) in [7, 11) is 3.96. The summed E-state index contributed by atoms with van der Waals surface area (Å²) in [5.41, 5.74) is 3.45. The van der Waals surface area contributed by atoms with Crippen LogP contribution in [0.5, 0.6) is 0 Å². The van der Waals surface area contributed by atoms with Crippen LogP contribution in [0.15, 0.2) is 42.6 Å². The van der Waals surface area contributed by atoms with Crippen LogP contribution in [0.2, 0.25) is 0 Å². The Morgan fingerprint density at radius 2 is 1.68 bits per heavy atom. The molecule has 150 valence electrons. The van der Waals surface area contributed by atoms with Gasteiger partial charge in [-0.1, -0.05) is 37.3 Å². The average molecular weight is 382 g/mol. The van der Waals surface area contributed by atoms with E-state index in [-0.39, 0.29) is 6.03 Å². The second-order valence-corrected chi connectivity index (χ2v) is 7.50. The first kappa shape index (κ1) is 20.1. The lowest BCUT2D eigenvalue weighted by Crippen LogP contribution is -2.44. The van der Waals surface area contributed by atoms with Crippen LogP contribution in [-0.2, 0) is 19.5 Å². The summed E-state index contributed by atoms with van der Waals surface area (Å²) in [5, 5.41) is 2.97. The van der Waals surface area contributed by atoms with Crippen LogP contribution in [0.4, 0.5) is 10.6 Å². The first-order valence-electron chi connectivity index (χ1n) is 10.0. The van der Waals surface area contributed by atoms with Crippen molar-refractivity contribution in [1.29, 1.82) is 0 Å². The number of hydrogen-bond donors (Lipinski definition) is 1. The van der Waals surface area contributed by atoms with Crippen molar-refractivity contribution in [3.8, 4) is 0 Å². The fourth-order valence-corrected chi connectivity index (χ4v) is 3.28. The number of pyridine rings is 1. The molecule has 6 heteroatoms. The zero-order valence-electron chi connectivity index (χ0n) is 17.2. The van der Waals surface area contributed by atoms with E-state index in [2.05, 4.69) is 58.3 Å². The van der Waals surface area contributed by atoms with Crippen molar-refractivity contribution in [2.45, 2.75) is 26.4 Å². The van der Waals surface area contributed by atoms with Crippen molar-refractivity contribution in [3.05, 3.63) is 59.3 Å². The third-order valence-corrected chi connectivity index (χ3v) is 5.28. The van der Waals surface area contributed by atoms with Gasteiger partial charge < -0.3 is 20.0 Å². The number of nitrogens with zero attached hydrogens (tertiary/aromatic N) is 4. The first-order chi connectivity index (χ1) is 13.5. The predicted molar refractivity (Wildman–Crippen MR) is 113 cm³/mol. The number of likely N-dealkylation sites (N-methyl/N-ethyl adjacent to an activating group) is 1. The van der Waals surface area contributed by atoms with Gasteiger partial charge >= 0.3 is 6.03 Å². The number of anilines is 1. The number of aromatic nitrogens is 1. The second-order valence-electron chi connectivity index (χ2n) is 7.50.